The largest absolute Gasteiger partial charge is 0.264 e. The van der Waals surface area contributed by atoms with Gasteiger partial charge in [0.05, 0.1) is 11.6 Å². The maximum atomic E-state index is 6.04. The fraction of sp³-hybridized carbons (Fsp3) is 0.0667. The molecule has 1 aromatic carbocycles. The van der Waals surface area contributed by atoms with Crippen LogP contribution < -0.4 is 0 Å². The number of thiazole rings is 1. The van der Waals surface area contributed by atoms with Crippen molar-refractivity contribution in [3.8, 4) is 21.8 Å². The minimum absolute atomic E-state index is 0.440. The lowest BCUT2D eigenvalue weighted by molar-refractivity contribution is 1.30. The summed E-state index contributed by atoms with van der Waals surface area (Å²) >= 11 is 13.6. The summed E-state index contributed by atoms with van der Waals surface area (Å²) in [4.78, 5) is 9.88. The minimum atomic E-state index is 0.440. The molecule has 100 valence electrons. The molecule has 0 saturated carbocycles. The number of halogens is 2. The van der Waals surface area contributed by atoms with E-state index in [4.69, 9.17) is 28.2 Å². The van der Waals surface area contributed by atoms with Gasteiger partial charge in [-0.15, -0.1) is 22.9 Å². The lowest BCUT2D eigenvalue weighted by atomic mass is 10.1. The van der Waals surface area contributed by atoms with Gasteiger partial charge in [-0.25, -0.2) is 4.98 Å². The highest BCUT2D eigenvalue weighted by Gasteiger charge is 2.13. The maximum absolute atomic E-state index is 6.04. The monoisotopic (exact) mass is 320 g/mol. The lowest BCUT2D eigenvalue weighted by Gasteiger charge is -1.99. The van der Waals surface area contributed by atoms with Crippen molar-refractivity contribution in [3.63, 3.8) is 0 Å². The van der Waals surface area contributed by atoms with Gasteiger partial charge in [-0.1, -0.05) is 23.7 Å². The van der Waals surface area contributed by atoms with Crippen molar-refractivity contribution >= 4 is 34.5 Å². The Hall–Kier alpha value is -1.42. The molecule has 3 rings (SSSR count). The smallest absolute Gasteiger partial charge is 0.125 e. The molecule has 2 nitrogen and oxygen atoms in total. The van der Waals surface area contributed by atoms with E-state index >= 15 is 0 Å². The number of nitrogens with zero attached hydrogens (tertiary/aromatic N) is 2. The fourth-order valence-electron chi connectivity index (χ4n) is 1.89. The minimum Gasteiger partial charge on any atom is -0.264 e. The van der Waals surface area contributed by atoms with Gasteiger partial charge in [0, 0.05) is 33.4 Å². The first-order valence-electron chi connectivity index (χ1n) is 6.00. The van der Waals surface area contributed by atoms with Gasteiger partial charge in [0.1, 0.15) is 5.01 Å². The fourth-order valence-corrected chi connectivity index (χ4v) is 3.23. The van der Waals surface area contributed by atoms with Gasteiger partial charge >= 0.3 is 0 Å². The van der Waals surface area contributed by atoms with Crippen LogP contribution >= 0.6 is 34.5 Å². The van der Waals surface area contributed by atoms with Crippen LogP contribution in [-0.4, -0.2) is 9.97 Å². The Morgan fingerprint density at radius 2 is 1.85 bits per heavy atom. The Labute approximate surface area is 131 Å². The molecule has 0 N–H and O–H groups in total. The van der Waals surface area contributed by atoms with Gasteiger partial charge in [0.25, 0.3) is 0 Å². The molecule has 0 fully saturated rings. The van der Waals surface area contributed by atoms with Crippen LogP contribution in [0.15, 0.2) is 48.8 Å². The van der Waals surface area contributed by atoms with Crippen LogP contribution in [0, 0.1) is 0 Å². The van der Waals surface area contributed by atoms with Crippen LogP contribution in [0.3, 0.4) is 0 Å². The van der Waals surface area contributed by atoms with Gasteiger partial charge < -0.3 is 0 Å². The number of alkyl halides is 1. The molecule has 0 amide bonds. The predicted octanol–water partition coefficient (Wildman–Crippen LogP) is 5.26. The van der Waals surface area contributed by atoms with Crippen LogP contribution in [0.2, 0.25) is 5.02 Å². The molecule has 0 unspecified atom stereocenters. The average Bonchev–Trinajstić information content (AvgIpc) is 2.93. The highest BCUT2D eigenvalue weighted by atomic mass is 35.5. The first kappa shape index (κ1) is 13.6. The normalized spacial score (nSPS) is 10.7. The molecular weight excluding hydrogens is 311 g/mol. The van der Waals surface area contributed by atoms with Crippen LogP contribution in [0.25, 0.3) is 21.8 Å². The molecular formula is C15H10Cl2N2S. The molecule has 0 aliphatic carbocycles. The van der Waals surface area contributed by atoms with Crippen molar-refractivity contribution in [1.29, 1.82) is 0 Å². The van der Waals surface area contributed by atoms with Crippen molar-refractivity contribution in [2.24, 2.45) is 0 Å². The molecule has 5 heteroatoms. The Morgan fingerprint density at radius 3 is 2.50 bits per heavy atom. The van der Waals surface area contributed by atoms with Crippen molar-refractivity contribution in [3.05, 3.63) is 58.7 Å². The predicted molar refractivity (Wildman–Crippen MR) is 85.3 cm³/mol. The number of pyridine rings is 1. The maximum Gasteiger partial charge on any atom is 0.125 e. The quantitative estimate of drug-likeness (QED) is 0.615. The van der Waals surface area contributed by atoms with Gasteiger partial charge in [0.2, 0.25) is 0 Å². The third-order valence-electron chi connectivity index (χ3n) is 2.84. The second-order valence-corrected chi connectivity index (χ2v) is 5.96. The van der Waals surface area contributed by atoms with Crippen LogP contribution in [0.1, 0.15) is 4.88 Å². The van der Waals surface area contributed by atoms with Crippen molar-refractivity contribution in [2.45, 2.75) is 5.88 Å². The van der Waals surface area contributed by atoms with Crippen LogP contribution in [-0.2, 0) is 5.88 Å². The summed E-state index contributed by atoms with van der Waals surface area (Å²) < 4.78 is 0. The number of aromatic nitrogens is 2. The van der Waals surface area contributed by atoms with E-state index in [-0.39, 0.29) is 0 Å². The summed E-state index contributed by atoms with van der Waals surface area (Å²) in [5.41, 5.74) is 2.95. The molecule has 0 radical (unpaired) electrons. The molecule has 0 atom stereocenters. The first-order valence-corrected chi connectivity index (χ1v) is 7.73. The molecule has 2 heterocycles. The highest BCUT2D eigenvalue weighted by Crippen LogP contribution is 2.34. The summed E-state index contributed by atoms with van der Waals surface area (Å²) in [7, 11) is 0. The molecule has 20 heavy (non-hydrogen) atoms. The van der Waals surface area contributed by atoms with E-state index in [1.54, 1.807) is 17.5 Å². The van der Waals surface area contributed by atoms with E-state index in [1.165, 1.54) is 0 Å². The number of hydrogen-bond acceptors (Lipinski definition) is 3. The standard InChI is InChI=1S/C15H10Cl2N2S/c16-8-13-14(10-3-5-12(17)6-4-10)19-15(20-13)11-2-1-7-18-9-11/h1-7,9H,8H2. The molecule has 0 aliphatic heterocycles. The Morgan fingerprint density at radius 1 is 1.05 bits per heavy atom. The number of rotatable bonds is 3. The van der Waals surface area contributed by atoms with E-state index in [0.29, 0.717) is 10.9 Å². The molecule has 0 bridgehead atoms. The van der Waals surface area contributed by atoms with Crippen molar-refractivity contribution < 1.29 is 0 Å². The van der Waals surface area contributed by atoms with Gasteiger partial charge in [0.15, 0.2) is 0 Å². The van der Waals surface area contributed by atoms with E-state index in [2.05, 4.69) is 4.98 Å². The van der Waals surface area contributed by atoms with E-state index in [9.17, 15) is 0 Å². The van der Waals surface area contributed by atoms with Gasteiger partial charge in [-0.2, -0.15) is 0 Å². The Balaban J connectivity index is 2.07. The Bertz CT molecular complexity index is 708. The SMILES string of the molecule is ClCc1sc(-c2cccnc2)nc1-c1ccc(Cl)cc1. The summed E-state index contributed by atoms with van der Waals surface area (Å²) in [5.74, 6) is 0.440. The third-order valence-corrected chi connectivity index (χ3v) is 4.63. The molecule has 3 aromatic rings. The number of benzene rings is 1. The van der Waals surface area contributed by atoms with E-state index in [0.717, 1.165) is 26.7 Å². The first-order chi connectivity index (χ1) is 9.78. The van der Waals surface area contributed by atoms with Crippen molar-refractivity contribution in [2.75, 3.05) is 0 Å². The average molecular weight is 321 g/mol. The molecule has 0 saturated heterocycles. The third kappa shape index (κ3) is 2.70. The number of hydrogen-bond donors (Lipinski definition) is 0. The van der Waals surface area contributed by atoms with E-state index in [1.807, 2.05) is 42.6 Å². The lowest BCUT2D eigenvalue weighted by Crippen LogP contribution is -1.83. The zero-order valence-electron chi connectivity index (χ0n) is 10.4. The zero-order valence-corrected chi connectivity index (χ0v) is 12.7. The molecule has 0 aliphatic rings. The van der Waals surface area contributed by atoms with E-state index < -0.39 is 0 Å². The highest BCUT2D eigenvalue weighted by molar-refractivity contribution is 7.15. The second kappa shape index (κ2) is 5.92. The summed E-state index contributed by atoms with van der Waals surface area (Å²) in [6.45, 7) is 0. The summed E-state index contributed by atoms with van der Waals surface area (Å²) in [6, 6.07) is 11.5. The summed E-state index contributed by atoms with van der Waals surface area (Å²) in [6.07, 6.45) is 3.56. The second-order valence-electron chi connectivity index (χ2n) is 4.17. The van der Waals surface area contributed by atoms with Crippen LogP contribution in [0.5, 0.6) is 0 Å². The topological polar surface area (TPSA) is 25.8 Å². The van der Waals surface area contributed by atoms with Crippen LogP contribution in [0.4, 0.5) is 0 Å². The van der Waals surface area contributed by atoms with Crippen molar-refractivity contribution in [1.82, 2.24) is 9.97 Å². The summed E-state index contributed by atoms with van der Waals surface area (Å²) in [5, 5.41) is 1.64. The van der Waals surface area contributed by atoms with Gasteiger partial charge in [-0.05, 0) is 24.3 Å². The molecule has 0 spiro atoms. The molecule has 2 aromatic heterocycles. The Kier molecular flexibility index (Phi) is 4.01. The zero-order chi connectivity index (χ0) is 13.9. The van der Waals surface area contributed by atoms with Gasteiger partial charge in [-0.3, -0.25) is 4.98 Å².